The van der Waals surface area contributed by atoms with E-state index in [1.165, 1.54) is 18.5 Å². The standard InChI is InChI=1S/C27H31N3O10/c1-4-7-22-34-14-21-23(40-22)24(36-15(2)31)25(37-16(3)32)27(39-21)35-13-19-12-30(29-28-19)11-18-10-17-8-5-6-9-20(17)38-26(18)33/h5-6,8-10,12,21-25,27H,4,7,11,13-14H2,1-3H3/t21-,22?,23-,24+,25-,27-/m1/s1. The number of fused-ring (bicyclic) bond motifs is 2. The maximum absolute atomic E-state index is 12.4. The second kappa shape index (κ2) is 12.3. The Hall–Kier alpha value is -3.65. The Morgan fingerprint density at radius 1 is 1.10 bits per heavy atom. The maximum Gasteiger partial charge on any atom is 0.341 e. The smallest absolute Gasteiger partial charge is 0.341 e. The minimum atomic E-state index is -1.11. The minimum absolute atomic E-state index is 0.0703. The lowest BCUT2D eigenvalue weighted by molar-refractivity contribution is -0.362. The Bertz CT molecular complexity index is 1400. The minimum Gasteiger partial charge on any atom is -0.455 e. The second-order valence-electron chi connectivity index (χ2n) is 9.66. The molecule has 0 bridgehead atoms. The molecule has 2 aromatic heterocycles. The summed E-state index contributed by atoms with van der Waals surface area (Å²) in [5.41, 5.74) is 0.884. The van der Waals surface area contributed by atoms with Crippen LogP contribution in [0.25, 0.3) is 11.0 Å². The van der Waals surface area contributed by atoms with Crippen LogP contribution in [0.4, 0.5) is 0 Å². The Balaban J connectivity index is 1.29. The Morgan fingerprint density at radius 2 is 1.88 bits per heavy atom. The number of rotatable bonds is 9. The topological polar surface area (TPSA) is 150 Å². The van der Waals surface area contributed by atoms with Crippen molar-refractivity contribution in [3.05, 3.63) is 58.2 Å². The highest BCUT2D eigenvalue weighted by atomic mass is 16.8. The van der Waals surface area contributed by atoms with E-state index in [1.54, 1.807) is 24.4 Å². The van der Waals surface area contributed by atoms with E-state index in [4.69, 9.17) is 32.8 Å². The Labute approximate surface area is 229 Å². The molecule has 3 aromatic rings. The average Bonchev–Trinajstić information content (AvgIpc) is 3.36. The number of esters is 2. The highest BCUT2D eigenvalue weighted by Gasteiger charge is 2.53. The summed E-state index contributed by atoms with van der Waals surface area (Å²) in [6.45, 7) is 4.76. The van der Waals surface area contributed by atoms with E-state index in [-0.39, 0.29) is 19.8 Å². The van der Waals surface area contributed by atoms with Crippen molar-refractivity contribution in [3.63, 3.8) is 0 Å². The van der Waals surface area contributed by atoms with Gasteiger partial charge in [0.1, 0.15) is 23.5 Å². The molecule has 0 N–H and O–H groups in total. The number of carbonyl (C=O) groups excluding carboxylic acids is 2. The van der Waals surface area contributed by atoms with Gasteiger partial charge in [0.15, 0.2) is 24.8 Å². The van der Waals surface area contributed by atoms with E-state index >= 15 is 0 Å². The summed E-state index contributed by atoms with van der Waals surface area (Å²) in [7, 11) is 0. The molecule has 0 amide bonds. The molecule has 0 spiro atoms. The van der Waals surface area contributed by atoms with Crippen molar-refractivity contribution in [1.82, 2.24) is 15.0 Å². The first-order valence-electron chi connectivity index (χ1n) is 13.1. The molecule has 2 saturated heterocycles. The average molecular weight is 558 g/mol. The van der Waals surface area contributed by atoms with Crippen molar-refractivity contribution in [2.75, 3.05) is 6.61 Å². The van der Waals surface area contributed by atoms with Crippen molar-refractivity contribution < 1.29 is 42.4 Å². The third-order valence-electron chi connectivity index (χ3n) is 6.50. The second-order valence-corrected chi connectivity index (χ2v) is 9.66. The fourth-order valence-corrected chi connectivity index (χ4v) is 4.80. The summed E-state index contributed by atoms with van der Waals surface area (Å²) in [4.78, 5) is 36.4. The molecule has 13 nitrogen and oxygen atoms in total. The fraction of sp³-hybridized carbons (Fsp3) is 0.519. The van der Waals surface area contributed by atoms with Gasteiger partial charge in [-0.25, -0.2) is 9.48 Å². The van der Waals surface area contributed by atoms with Gasteiger partial charge in [0.2, 0.25) is 0 Å². The SMILES string of the molecule is CCCC1OC[C@H]2O[C@@H](OCc3cn(Cc4cc5ccccc5oc4=O)nn3)[C@H](OC(C)=O)[C@@H](OC(C)=O)[C@@H]2O1. The van der Waals surface area contributed by atoms with Crippen molar-refractivity contribution in [3.8, 4) is 0 Å². The van der Waals surface area contributed by atoms with Crippen LogP contribution in [0.3, 0.4) is 0 Å². The quantitative estimate of drug-likeness (QED) is 0.280. The van der Waals surface area contributed by atoms with Gasteiger partial charge in [-0.05, 0) is 18.6 Å². The van der Waals surface area contributed by atoms with Gasteiger partial charge in [-0.2, -0.15) is 0 Å². The lowest BCUT2D eigenvalue weighted by Crippen LogP contribution is -2.65. The Morgan fingerprint density at radius 3 is 2.65 bits per heavy atom. The molecule has 13 heteroatoms. The van der Waals surface area contributed by atoms with E-state index in [9.17, 15) is 14.4 Å². The highest BCUT2D eigenvalue weighted by molar-refractivity contribution is 5.76. The highest BCUT2D eigenvalue weighted by Crippen LogP contribution is 2.33. The molecular weight excluding hydrogens is 526 g/mol. The molecule has 0 saturated carbocycles. The summed E-state index contributed by atoms with van der Waals surface area (Å²) in [5, 5.41) is 8.99. The van der Waals surface area contributed by atoms with Crippen LogP contribution < -0.4 is 5.63 Å². The molecule has 2 aliphatic rings. The third kappa shape index (κ3) is 6.39. The van der Waals surface area contributed by atoms with Gasteiger partial charge in [-0.3, -0.25) is 9.59 Å². The molecule has 1 aromatic carbocycles. The normalized spacial score (nSPS) is 26.3. The third-order valence-corrected chi connectivity index (χ3v) is 6.50. The van der Waals surface area contributed by atoms with Gasteiger partial charge in [0.25, 0.3) is 0 Å². The van der Waals surface area contributed by atoms with Gasteiger partial charge in [-0.15, -0.1) is 5.10 Å². The van der Waals surface area contributed by atoms with E-state index in [2.05, 4.69) is 10.3 Å². The number of aromatic nitrogens is 3. The molecule has 0 radical (unpaired) electrons. The molecule has 2 aliphatic heterocycles. The first-order chi connectivity index (χ1) is 19.3. The van der Waals surface area contributed by atoms with Gasteiger partial charge in [-0.1, -0.05) is 36.8 Å². The van der Waals surface area contributed by atoms with Crippen LogP contribution in [-0.2, 0) is 51.2 Å². The molecule has 40 heavy (non-hydrogen) atoms. The molecule has 5 rings (SSSR count). The number of hydrogen-bond donors (Lipinski definition) is 0. The lowest BCUT2D eigenvalue weighted by Gasteiger charge is -2.47. The van der Waals surface area contributed by atoms with Crippen LogP contribution in [0.2, 0.25) is 0 Å². The van der Waals surface area contributed by atoms with Gasteiger partial charge < -0.3 is 32.8 Å². The maximum atomic E-state index is 12.4. The van der Waals surface area contributed by atoms with Crippen LogP contribution in [0.5, 0.6) is 0 Å². The molecule has 2 fully saturated rings. The van der Waals surface area contributed by atoms with Gasteiger partial charge in [0, 0.05) is 19.2 Å². The zero-order chi connectivity index (χ0) is 28.2. The Kier molecular flexibility index (Phi) is 8.54. The molecular formula is C27H31N3O10. The number of nitrogens with zero attached hydrogens (tertiary/aromatic N) is 3. The fourth-order valence-electron chi connectivity index (χ4n) is 4.80. The number of benzene rings is 1. The van der Waals surface area contributed by atoms with Crippen LogP contribution in [-0.4, -0.2) is 70.5 Å². The number of carbonyl (C=O) groups is 2. The summed E-state index contributed by atoms with van der Waals surface area (Å²) in [5.74, 6) is -1.17. The lowest BCUT2D eigenvalue weighted by atomic mass is 9.97. The first kappa shape index (κ1) is 27.9. The monoisotopic (exact) mass is 557 g/mol. The van der Waals surface area contributed by atoms with Crippen LogP contribution in [0.15, 0.2) is 45.7 Å². The molecule has 214 valence electrons. The van der Waals surface area contributed by atoms with Crippen molar-refractivity contribution in [2.24, 2.45) is 0 Å². The number of hydrogen-bond acceptors (Lipinski definition) is 12. The number of para-hydroxylation sites is 1. The summed E-state index contributed by atoms with van der Waals surface area (Å²) >= 11 is 0. The largest absolute Gasteiger partial charge is 0.455 e. The van der Waals surface area contributed by atoms with Crippen LogP contribution in [0.1, 0.15) is 44.9 Å². The van der Waals surface area contributed by atoms with Gasteiger partial charge in [0.05, 0.1) is 31.5 Å². The summed E-state index contributed by atoms with van der Waals surface area (Å²) < 4.78 is 41.8. The van der Waals surface area contributed by atoms with Crippen molar-refractivity contribution in [2.45, 2.75) is 83.8 Å². The zero-order valence-electron chi connectivity index (χ0n) is 22.4. The molecule has 6 atom stereocenters. The van der Waals surface area contributed by atoms with Gasteiger partial charge >= 0.3 is 17.6 Å². The predicted molar refractivity (Wildman–Crippen MR) is 136 cm³/mol. The van der Waals surface area contributed by atoms with E-state index in [1.807, 2.05) is 19.1 Å². The first-order valence-corrected chi connectivity index (χ1v) is 13.1. The summed E-state index contributed by atoms with van der Waals surface area (Å²) in [6, 6.07) is 8.99. The molecule has 4 heterocycles. The zero-order valence-corrected chi connectivity index (χ0v) is 22.4. The van der Waals surface area contributed by atoms with Crippen LogP contribution >= 0.6 is 0 Å². The van der Waals surface area contributed by atoms with E-state index < -0.39 is 54.6 Å². The summed E-state index contributed by atoms with van der Waals surface area (Å²) in [6.07, 6.45) is -1.93. The van der Waals surface area contributed by atoms with Crippen molar-refractivity contribution in [1.29, 1.82) is 0 Å². The van der Waals surface area contributed by atoms with Crippen molar-refractivity contribution >= 4 is 22.9 Å². The van der Waals surface area contributed by atoms with E-state index in [0.717, 1.165) is 11.8 Å². The van der Waals surface area contributed by atoms with Crippen LogP contribution in [0, 0.1) is 0 Å². The molecule has 0 aliphatic carbocycles. The predicted octanol–water partition coefficient (Wildman–Crippen LogP) is 2.08. The van der Waals surface area contributed by atoms with E-state index in [0.29, 0.717) is 23.3 Å². The molecule has 1 unspecified atom stereocenters. The number of ether oxygens (including phenoxy) is 6.